The first-order valence-corrected chi connectivity index (χ1v) is 3.84. The Balaban J connectivity index is 4.14. The Hall–Kier alpha value is -0.630. The van der Waals surface area contributed by atoms with Gasteiger partial charge in [0.2, 0.25) is 0 Å². The minimum absolute atomic E-state index is 0.435. The van der Waals surface area contributed by atoms with Crippen LogP contribution in [0.5, 0.6) is 0 Å². The minimum atomic E-state index is -0.880. The maximum Gasteiger partial charge on any atom is 0.184 e. The third-order valence-electron chi connectivity index (χ3n) is 1.76. The molecule has 0 aromatic rings. The molecule has 0 rings (SSSR count). The minimum Gasteiger partial charge on any atom is -0.386 e. The van der Waals surface area contributed by atoms with Crippen molar-refractivity contribution in [1.82, 2.24) is 0 Å². The maximum atomic E-state index is 9.50. The van der Waals surface area contributed by atoms with Crippen molar-refractivity contribution >= 4 is 0 Å². The van der Waals surface area contributed by atoms with Crippen LogP contribution in [0.1, 0.15) is 13.3 Å². The zero-order valence-corrected chi connectivity index (χ0v) is 7.65. The van der Waals surface area contributed by atoms with Crippen LogP contribution < -0.4 is 0 Å². The van der Waals surface area contributed by atoms with Gasteiger partial charge in [0.05, 0.1) is 12.0 Å². The van der Waals surface area contributed by atoms with Gasteiger partial charge in [-0.25, -0.2) is 0 Å². The van der Waals surface area contributed by atoms with E-state index in [1.807, 2.05) is 13.0 Å². The van der Waals surface area contributed by atoms with E-state index in [9.17, 15) is 5.11 Å². The lowest BCUT2D eigenvalue weighted by molar-refractivity contribution is -0.173. The Bertz CT molecular complexity index is 151. The second-order valence-electron chi connectivity index (χ2n) is 2.47. The Morgan fingerprint density at radius 3 is 2.17 bits per heavy atom. The van der Waals surface area contributed by atoms with Crippen LogP contribution in [0.3, 0.4) is 0 Å². The van der Waals surface area contributed by atoms with Gasteiger partial charge in [-0.1, -0.05) is 6.92 Å². The number of nitrogens with zero attached hydrogens (tertiary/aromatic N) is 1. The van der Waals surface area contributed by atoms with Crippen LogP contribution in [-0.2, 0) is 9.47 Å². The molecule has 70 valence electrons. The summed E-state index contributed by atoms with van der Waals surface area (Å²) in [4.78, 5) is 0. The van der Waals surface area contributed by atoms with E-state index < -0.39 is 18.3 Å². The Morgan fingerprint density at radius 2 is 1.92 bits per heavy atom. The number of methoxy groups -OCH3 is 2. The van der Waals surface area contributed by atoms with E-state index in [4.69, 9.17) is 14.7 Å². The largest absolute Gasteiger partial charge is 0.386 e. The van der Waals surface area contributed by atoms with Gasteiger partial charge in [0, 0.05) is 14.2 Å². The van der Waals surface area contributed by atoms with Crippen LogP contribution in [0.2, 0.25) is 0 Å². The summed E-state index contributed by atoms with van der Waals surface area (Å²) in [5.74, 6) is -0.435. The monoisotopic (exact) mass is 173 g/mol. The summed E-state index contributed by atoms with van der Waals surface area (Å²) in [7, 11) is 2.86. The van der Waals surface area contributed by atoms with Gasteiger partial charge >= 0.3 is 0 Å². The summed E-state index contributed by atoms with van der Waals surface area (Å²) < 4.78 is 9.65. The van der Waals surface area contributed by atoms with E-state index in [0.717, 1.165) is 0 Å². The molecule has 2 atom stereocenters. The molecule has 1 N–H and O–H groups in total. The molecule has 0 bridgehead atoms. The highest BCUT2D eigenvalue weighted by Crippen LogP contribution is 2.13. The molecule has 4 nitrogen and oxygen atoms in total. The van der Waals surface area contributed by atoms with E-state index in [1.165, 1.54) is 14.2 Å². The molecule has 0 saturated carbocycles. The van der Waals surface area contributed by atoms with E-state index in [-0.39, 0.29) is 0 Å². The van der Waals surface area contributed by atoms with Gasteiger partial charge in [-0.05, 0) is 6.42 Å². The standard InChI is InChI=1S/C8H15NO3/c1-4-6(5-9)7(10)8(11-2)12-3/h6-8,10H,4H2,1-3H3. The van der Waals surface area contributed by atoms with Gasteiger partial charge < -0.3 is 14.6 Å². The molecule has 0 heterocycles. The predicted octanol–water partition coefficient (Wildman–Crippen LogP) is 0.516. The molecule has 0 aliphatic carbocycles. The van der Waals surface area contributed by atoms with Crippen molar-refractivity contribution < 1.29 is 14.6 Å². The Morgan fingerprint density at radius 1 is 1.42 bits per heavy atom. The van der Waals surface area contributed by atoms with Gasteiger partial charge in [-0.15, -0.1) is 0 Å². The number of hydrogen-bond donors (Lipinski definition) is 1. The smallest absolute Gasteiger partial charge is 0.184 e. The molecule has 0 fully saturated rings. The summed E-state index contributed by atoms with van der Waals surface area (Å²) in [6.45, 7) is 1.83. The van der Waals surface area contributed by atoms with Crippen molar-refractivity contribution in [2.24, 2.45) is 5.92 Å². The van der Waals surface area contributed by atoms with Crippen LogP contribution in [0.4, 0.5) is 0 Å². The Kier molecular flexibility index (Phi) is 5.64. The lowest BCUT2D eigenvalue weighted by Gasteiger charge is -2.22. The van der Waals surface area contributed by atoms with Gasteiger partial charge in [0.25, 0.3) is 0 Å². The van der Waals surface area contributed by atoms with E-state index in [0.29, 0.717) is 6.42 Å². The van der Waals surface area contributed by atoms with Crippen LogP contribution in [0.15, 0.2) is 0 Å². The van der Waals surface area contributed by atoms with Gasteiger partial charge in [0.15, 0.2) is 6.29 Å². The fourth-order valence-corrected chi connectivity index (χ4v) is 0.974. The summed E-state index contributed by atoms with van der Waals surface area (Å²) in [6, 6.07) is 1.99. The molecular formula is C8H15NO3. The van der Waals surface area contributed by atoms with Crippen molar-refractivity contribution in [2.45, 2.75) is 25.7 Å². The number of rotatable bonds is 5. The van der Waals surface area contributed by atoms with Crippen LogP contribution >= 0.6 is 0 Å². The van der Waals surface area contributed by atoms with Crippen molar-refractivity contribution in [2.75, 3.05) is 14.2 Å². The Labute approximate surface area is 72.7 Å². The lowest BCUT2D eigenvalue weighted by Crippen LogP contribution is -2.35. The van der Waals surface area contributed by atoms with Gasteiger partial charge in [-0.2, -0.15) is 5.26 Å². The first-order valence-electron chi connectivity index (χ1n) is 3.84. The molecule has 0 aliphatic rings. The van der Waals surface area contributed by atoms with Crippen LogP contribution in [0, 0.1) is 17.2 Å². The first kappa shape index (κ1) is 11.4. The molecule has 12 heavy (non-hydrogen) atoms. The molecule has 0 aromatic heterocycles. The topological polar surface area (TPSA) is 62.5 Å². The second-order valence-corrected chi connectivity index (χ2v) is 2.47. The molecular weight excluding hydrogens is 158 g/mol. The second kappa shape index (κ2) is 5.95. The number of aliphatic hydroxyl groups excluding tert-OH is 1. The predicted molar refractivity (Wildman–Crippen MR) is 43.2 cm³/mol. The molecule has 0 radical (unpaired) electrons. The van der Waals surface area contributed by atoms with Crippen molar-refractivity contribution in [3.63, 3.8) is 0 Å². The van der Waals surface area contributed by atoms with E-state index in [2.05, 4.69) is 0 Å². The molecule has 4 heteroatoms. The van der Waals surface area contributed by atoms with Gasteiger partial charge in [-0.3, -0.25) is 0 Å². The lowest BCUT2D eigenvalue weighted by atomic mass is 10.0. The van der Waals surface area contributed by atoms with Crippen LogP contribution in [-0.4, -0.2) is 31.7 Å². The SMILES string of the molecule is CCC(C#N)C(O)C(OC)OC. The zero-order chi connectivity index (χ0) is 9.56. The van der Waals surface area contributed by atoms with E-state index >= 15 is 0 Å². The average molecular weight is 173 g/mol. The maximum absolute atomic E-state index is 9.50. The highest BCUT2D eigenvalue weighted by atomic mass is 16.7. The fraction of sp³-hybridized carbons (Fsp3) is 0.875. The van der Waals surface area contributed by atoms with Crippen molar-refractivity contribution in [3.05, 3.63) is 0 Å². The van der Waals surface area contributed by atoms with Crippen molar-refractivity contribution in [3.8, 4) is 6.07 Å². The zero-order valence-electron chi connectivity index (χ0n) is 7.65. The summed E-state index contributed by atoms with van der Waals surface area (Å²) in [5, 5.41) is 18.1. The quantitative estimate of drug-likeness (QED) is 0.615. The van der Waals surface area contributed by atoms with Crippen LogP contribution in [0.25, 0.3) is 0 Å². The molecule has 0 amide bonds. The average Bonchev–Trinajstić information content (AvgIpc) is 2.09. The molecule has 0 saturated heterocycles. The highest BCUT2D eigenvalue weighted by Gasteiger charge is 2.26. The number of aliphatic hydroxyl groups is 1. The number of ether oxygens (including phenoxy) is 2. The first-order chi connectivity index (χ1) is 5.71. The molecule has 0 aliphatic heterocycles. The molecule has 2 unspecified atom stereocenters. The summed E-state index contributed by atoms with van der Waals surface area (Å²) in [6.07, 6.45) is -1.01. The normalized spacial score (nSPS) is 15.7. The highest BCUT2D eigenvalue weighted by molar-refractivity contribution is 4.88. The van der Waals surface area contributed by atoms with Crippen molar-refractivity contribution in [1.29, 1.82) is 5.26 Å². The number of hydrogen-bond acceptors (Lipinski definition) is 4. The molecule has 0 spiro atoms. The summed E-state index contributed by atoms with van der Waals surface area (Å²) >= 11 is 0. The molecule has 0 aromatic carbocycles. The van der Waals surface area contributed by atoms with E-state index in [1.54, 1.807) is 0 Å². The fourth-order valence-electron chi connectivity index (χ4n) is 0.974. The third kappa shape index (κ3) is 2.78. The number of nitriles is 1. The summed E-state index contributed by atoms with van der Waals surface area (Å²) in [5.41, 5.74) is 0. The van der Waals surface area contributed by atoms with Gasteiger partial charge in [0.1, 0.15) is 6.10 Å². The third-order valence-corrected chi connectivity index (χ3v) is 1.76.